The summed E-state index contributed by atoms with van der Waals surface area (Å²) in [4.78, 5) is 2.64. The molecule has 0 bridgehead atoms. The Hall–Kier alpha value is -0.860. The molecule has 0 spiro atoms. The van der Waals surface area contributed by atoms with E-state index in [0.717, 1.165) is 5.92 Å². The predicted molar refractivity (Wildman–Crippen MR) is 86.9 cm³/mol. The van der Waals surface area contributed by atoms with Crippen molar-refractivity contribution >= 4 is 0 Å². The van der Waals surface area contributed by atoms with E-state index in [0.29, 0.717) is 12.1 Å². The van der Waals surface area contributed by atoms with Crippen LogP contribution in [-0.2, 0) is 0 Å². The fourth-order valence-electron chi connectivity index (χ4n) is 3.39. The van der Waals surface area contributed by atoms with Crippen LogP contribution in [0.15, 0.2) is 30.3 Å². The lowest BCUT2D eigenvalue weighted by Crippen LogP contribution is -2.45. The number of hydrogen-bond acceptors (Lipinski definition) is 2. The fraction of sp³-hybridized carbons (Fsp3) is 0.667. The van der Waals surface area contributed by atoms with Gasteiger partial charge in [-0.1, -0.05) is 37.3 Å². The average Bonchev–Trinajstić information content (AvgIpc) is 2.48. The SMILES string of the molecule is CCCN1CCCC(C(C)NC(C)c2ccccc2)C1. The molecule has 2 nitrogen and oxygen atoms in total. The number of hydrogen-bond donors (Lipinski definition) is 1. The number of nitrogens with zero attached hydrogens (tertiary/aromatic N) is 1. The lowest BCUT2D eigenvalue weighted by Gasteiger charge is -2.37. The maximum atomic E-state index is 3.80. The standard InChI is InChI=1S/C18H30N2/c1-4-12-20-13-8-11-18(14-20)16(3)19-15(2)17-9-6-5-7-10-17/h5-7,9-10,15-16,18-19H,4,8,11-14H2,1-3H3. The minimum Gasteiger partial charge on any atom is -0.307 e. The Kier molecular flexibility index (Phi) is 6.06. The molecular formula is C18H30N2. The van der Waals surface area contributed by atoms with Gasteiger partial charge in [-0.2, -0.15) is 0 Å². The first-order valence-corrected chi connectivity index (χ1v) is 8.24. The van der Waals surface area contributed by atoms with Gasteiger partial charge < -0.3 is 10.2 Å². The third-order valence-electron chi connectivity index (χ3n) is 4.60. The third-order valence-corrected chi connectivity index (χ3v) is 4.60. The van der Waals surface area contributed by atoms with E-state index in [1.807, 2.05) is 0 Å². The molecule has 112 valence electrons. The Morgan fingerprint density at radius 1 is 1.25 bits per heavy atom. The summed E-state index contributed by atoms with van der Waals surface area (Å²) in [5.41, 5.74) is 1.39. The first-order chi connectivity index (χ1) is 9.70. The van der Waals surface area contributed by atoms with Gasteiger partial charge in [-0.05, 0) is 57.7 Å². The van der Waals surface area contributed by atoms with Gasteiger partial charge in [-0.3, -0.25) is 0 Å². The molecule has 0 amide bonds. The van der Waals surface area contributed by atoms with Gasteiger partial charge in [0.25, 0.3) is 0 Å². The molecule has 1 aromatic rings. The van der Waals surface area contributed by atoms with Crippen molar-refractivity contribution < 1.29 is 0 Å². The zero-order chi connectivity index (χ0) is 14.4. The first-order valence-electron chi connectivity index (χ1n) is 8.24. The lowest BCUT2D eigenvalue weighted by atomic mass is 9.90. The van der Waals surface area contributed by atoms with Crippen molar-refractivity contribution in [3.05, 3.63) is 35.9 Å². The van der Waals surface area contributed by atoms with Crippen molar-refractivity contribution in [2.45, 2.75) is 52.1 Å². The quantitative estimate of drug-likeness (QED) is 0.847. The maximum Gasteiger partial charge on any atom is 0.0294 e. The van der Waals surface area contributed by atoms with Crippen LogP contribution in [0.1, 0.15) is 51.6 Å². The fourth-order valence-corrected chi connectivity index (χ4v) is 3.39. The normalized spacial score (nSPS) is 23.4. The van der Waals surface area contributed by atoms with Crippen LogP contribution in [0.5, 0.6) is 0 Å². The molecule has 1 aliphatic rings. The van der Waals surface area contributed by atoms with E-state index in [1.54, 1.807) is 0 Å². The molecule has 3 unspecified atom stereocenters. The Bertz CT molecular complexity index is 374. The molecular weight excluding hydrogens is 244 g/mol. The second kappa shape index (κ2) is 7.80. The molecule has 1 aromatic carbocycles. The van der Waals surface area contributed by atoms with Crippen LogP contribution in [0.4, 0.5) is 0 Å². The summed E-state index contributed by atoms with van der Waals surface area (Å²) in [6.45, 7) is 10.7. The highest BCUT2D eigenvalue weighted by atomic mass is 15.1. The van der Waals surface area contributed by atoms with Crippen molar-refractivity contribution in [3.63, 3.8) is 0 Å². The van der Waals surface area contributed by atoms with Gasteiger partial charge in [0.15, 0.2) is 0 Å². The van der Waals surface area contributed by atoms with E-state index in [9.17, 15) is 0 Å². The van der Waals surface area contributed by atoms with Crippen LogP contribution >= 0.6 is 0 Å². The van der Waals surface area contributed by atoms with E-state index in [4.69, 9.17) is 0 Å². The summed E-state index contributed by atoms with van der Waals surface area (Å²) < 4.78 is 0. The predicted octanol–water partition coefficient (Wildman–Crippen LogP) is 3.85. The highest BCUT2D eigenvalue weighted by Crippen LogP contribution is 2.22. The smallest absolute Gasteiger partial charge is 0.0294 e. The van der Waals surface area contributed by atoms with Crippen LogP contribution in [0.3, 0.4) is 0 Å². The summed E-state index contributed by atoms with van der Waals surface area (Å²) in [6.07, 6.45) is 4.00. The Balaban J connectivity index is 1.86. The lowest BCUT2D eigenvalue weighted by molar-refractivity contribution is 0.147. The average molecular weight is 274 g/mol. The van der Waals surface area contributed by atoms with Crippen molar-refractivity contribution in [1.29, 1.82) is 0 Å². The number of likely N-dealkylation sites (tertiary alicyclic amines) is 1. The minimum absolute atomic E-state index is 0.438. The molecule has 1 heterocycles. The van der Waals surface area contributed by atoms with E-state index >= 15 is 0 Å². The molecule has 1 aliphatic heterocycles. The van der Waals surface area contributed by atoms with Gasteiger partial charge in [0.1, 0.15) is 0 Å². The number of rotatable bonds is 6. The van der Waals surface area contributed by atoms with Crippen LogP contribution < -0.4 is 5.32 Å². The van der Waals surface area contributed by atoms with E-state index in [1.165, 1.54) is 44.5 Å². The largest absolute Gasteiger partial charge is 0.307 e. The highest BCUT2D eigenvalue weighted by molar-refractivity contribution is 5.18. The van der Waals surface area contributed by atoms with Gasteiger partial charge >= 0.3 is 0 Å². The molecule has 0 saturated carbocycles. The minimum atomic E-state index is 0.438. The molecule has 20 heavy (non-hydrogen) atoms. The molecule has 1 N–H and O–H groups in total. The van der Waals surface area contributed by atoms with Crippen molar-refractivity contribution in [3.8, 4) is 0 Å². The highest BCUT2D eigenvalue weighted by Gasteiger charge is 2.25. The van der Waals surface area contributed by atoms with Crippen LogP contribution in [0.2, 0.25) is 0 Å². The third kappa shape index (κ3) is 4.32. The molecule has 0 aliphatic carbocycles. The molecule has 0 radical (unpaired) electrons. The summed E-state index contributed by atoms with van der Waals surface area (Å²) >= 11 is 0. The monoisotopic (exact) mass is 274 g/mol. The second-order valence-corrected chi connectivity index (χ2v) is 6.29. The second-order valence-electron chi connectivity index (χ2n) is 6.29. The molecule has 1 fully saturated rings. The van der Waals surface area contributed by atoms with Gasteiger partial charge in [0, 0.05) is 18.6 Å². The Morgan fingerprint density at radius 3 is 2.70 bits per heavy atom. The molecule has 2 rings (SSSR count). The number of benzene rings is 1. The van der Waals surface area contributed by atoms with E-state index in [-0.39, 0.29) is 0 Å². The topological polar surface area (TPSA) is 15.3 Å². The summed E-state index contributed by atoms with van der Waals surface area (Å²) in [7, 11) is 0. The number of nitrogens with one attached hydrogen (secondary N) is 1. The Morgan fingerprint density at radius 2 is 2.00 bits per heavy atom. The van der Waals surface area contributed by atoms with Crippen LogP contribution in [0.25, 0.3) is 0 Å². The molecule has 2 heteroatoms. The zero-order valence-corrected chi connectivity index (χ0v) is 13.3. The number of piperidine rings is 1. The van der Waals surface area contributed by atoms with E-state index in [2.05, 4.69) is 61.3 Å². The van der Waals surface area contributed by atoms with Gasteiger partial charge in [-0.15, -0.1) is 0 Å². The summed E-state index contributed by atoms with van der Waals surface area (Å²) in [5, 5.41) is 3.80. The van der Waals surface area contributed by atoms with Crippen molar-refractivity contribution in [2.24, 2.45) is 5.92 Å². The van der Waals surface area contributed by atoms with Crippen molar-refractivity contribution in [1.82, 2.24) is 10.2 Å². The van der Waals surface area contributed by atoms with Crippen LogP contribution in [0, 0.1) is 5.92 Å². The maximum absolute atomic E-state index is 3.80. The van der Waals surface area contributed by atoms with Gasteiger partial charge in [-0.25, -0.2) is 0 Å². The molecule has 3 atom stereocenters. The summed E-state index contributed by atoms with van der Waals surface area (Å²) in [6, 6.07) is 11.8. The van der Waals surface area contributed by atoms with Gasteiger partial charge in [0.05, 0.1) is 0 Å². The molecule has 0 aromatic heterocycles. The van der Waals surface area contributed by atoms with E-state index < -0.39 is 0 Å². The summed E-state index contributed by atoms with van der Waals surface area (Å²) in [5.74, 6) is 0.793. The zero-order valence-electron chi connectivity index (χ0n) is 13.3. The molecule has 1 saturated heterocycles. The Labute approximate surface area is 124 Å². The first kappa shape index (κ1) is 15.5. The van der Waals surface area contributed by atoms with Gasteiger partial charge in [0.2, 0.25) is 0 Å². The van der Waals surface area contributed by atoms with Crippen LogP contribution in [-0.4, -0.2) is 30.6 Å². The van der Waals surface area contributed by atoms with Crippen molar-refractivity contribution in [2.75, 3.05) is 19.6 Å².